The zero-order valence-electron chi connectivity index (χ0n) is 18.5. The van der Waals surface area contributed by atoms with Crippen molar-refractivity contribution in [3.63, 3.8) is 0 Å². The normalized spacial score (nSPS) is 11.3. The number of fused-ring (bicyclic) bond motifs is 2. The average molecular weight is 511 g/mol. The van der Waals surface area contributed by atoms with Crippen LogP contribution >= 0.6 is 11.8 Å². The molecule has 12 heteroatoms. The molecule has 3 aromatic heterocycles. The molecule has 0 bridgehead atoms. The van der Waals surface area contributed by atoms with Crippen LogP contribution in [0.4, 0.5) is 8.78 Å². The van der Waals surface area contributed by atoms with E-state index >= 15 is 0 Å². The third-order valence-electron chi connectivity index (χ3n) is 5.40. The molecule has 5 rings (SSSR count). The van der Waals surface area contributed by atoms with Crippen LogP contribution in [0.15, 0.2) is 60.8 Å². The molecule has 0 unspecified atom stereocenters. The van der Waals surface area contributed by atoms with Crippen LogP contribution in [0, 0.1) is 11.6 Å². The first kappa shape index (κ1) is 23.7. The number of hydrogen-bond acceptors (Lipinski definition) is 7. The topological polar surface area (TPSA) is 106 Å². The Morgan fingerprint density at radius 2 is 1.94 bits per heavy atom. The number of carbonyl (C=O) groups is 1. The fraction of sp³-hybridized carbons (Fsp3) is 0.125. The zero-order chi connectivity index (χ0) is 25.2. The predicted molar refractivity (Wildman–Crippen MR) is 127 cm³/mol. The molecule has 0 spiro atoms. The summed E-state index contributed by atoms with van der Waals surface area (Å²) in [5.74, 6) is -2.19. The van der Waals surface area contributed by atoms with Gasteiger partial charge in [-0.1, -0.05) is 17.3 Å². The van der Waals surface area contributed by atoms with Crippen LogP contribution in [0.3, 0.4) is 0 Å². The Bertz CT molecular complexity index is 1600. The number of rotatable bonds is 7. The number of carbonyl (C=O) groups excluding carboxylic acids is 1. The molecule has 1 amide bonds. The van der Waals surface area contributed by atoms with Crippen LogP contribution in [-0.4, -0.2) is 53.8 Å². The molecule has 36 heavy (non-hydrogen) atoms. The SMILES string of the molecule is O=C(c1ccc(-c2ccc3nnn(Cc4cc5cccnc5cc4F)c3n2)cc1F)N(Cl)OCCO. The number of hydroxylamine groups is 1. The summed E-state index contributed by atoms with van der Waals surface area (Å²) in [6, 6.07) is 13.9. The molecule has 0 aliphatic heterocycles. The van der Waals surface area contributed by atoms with Crippen molar-refractivity contribution in [1.29, 1.82) is 0 Å². The summed E-state index contributed by atoms with van der Waals surface area (Å²) in [5, 5.41) is 17.7. The van der Waals surface area contributed by atoms with Crippen LogP contribution in [-0.2, 0) is 11.4 Å². The maximum Gasteiger partial charge on any atom is 0.295 e. The minimum Gasteiger partial charge on any atom is -0.394 e. The second kappa shape index (κ2) is 9.90. The highest BCUT2D eigenvalue weighted by atomic mass is 35.5. The van der Waals surface area contributed by atoms with Gasteiger partial charge in [0, 0.05) is 40.6 Å². The minimum atomic E-state index is -0.924. The van der Waals surface area contributed by atoms with Gasteiger partial charge in [-0.05, 0) is 36.4 Å². The number of halogens is 3. The summed E-state index contributed by atoms with van der Waals surface area (Å²) in [6.07, 6.45) is 1.60. The molecule has 9 nitrogen and oxygen atoms in total. The van der Waals surface area contributed by atoms with Crippen molar-refractivity contribution in [3.05, 3.63) is 83.6 Å². The highest BCUT2D eigenvalue weighted by molar-refractivity contribution is 6.23. The van der Waals surface area contributed by atoms with E-state index in [0.29, 0.717) is 38.1 Å². The highest BCUT2D eigenvalue weighted by Crippen LogP contribution is 2.25. The minimum absolute atomic E-state index is 0.0742. The van der Waals surface area contributed by atoms with E-state index in [9.17, 15) is 13.6 Å². The van der Waals surface area contributed by atoms with Gasteiger partial charge in [0.25, 0.3) is 5.91 Å². The van der Waals surface area contributed by atoms with Crippen LogP contribution < -0.4 is 0 Å². The fourth-order valence-corrected chi connectivity index (χ4v) is 3.83. The maximum absolute atomic E-state index is 14.7. The Balaban J connectivity index is 1.45. The number of aliphatic hydroxyl groups excluding tert-OH is 1. The van der Waals surface area contributed by atoms with E-state index < -0.39 is 17.5 Å². The lowest BCUT2D eigenvalue weighted by atomic mass is 10.1. The van der Waals surface area contributed by atoms with E-state index in [1.165, 1.54) is 22.9 Å². The van der Waals surface area contributed by atoms with E-state index in [-0.39, 0.29) is 25.3 Å². The van der Waals surface area contributed by atoms with Crippen LogP contribution in [0.5, 0.6) is 0 Å². The standard InChI is InChI=1S/C24H17ClF2N6O3/c25-33(36-9-8-34)24(35)17-4-3-15(11-19(17)27)20-5-6-21-23(29-20)32(31-30-21)13-16-10-14-2-1-7-28-22(14)12-18(16)26/h1-7,10-12,34H,8-9,13H2. The van der Waals surface area contributed by atoms with Gasteiger partial charge in [0.1, 0.15) is 17.2 Å². The summed E-state index contributed by atoms with van der Waals surface area (Å²) in [5.41, 5.74) is 2.25. The molecular weight excluding hydrogens is 494 g/mol. The number of benzene rings is 2. The zero-order valence-corrected chi connectivity index (χ0v) is 19.2. The Morgan fingerprint density at radius 1 is 1.08 bits per heavy atom. The molecule has 5 aromatic rings. The van der Waals surface area contributed by atoms with Gasteiger partial charge in [-0.25, -0.2) is 18.4 Å². The molecule has 0 radical (unpaired) electrons. The number of aromatic nitrogens is 5. The average Bonchev–Trinajstić information content (AvgIpc) is 3.29. The lowest BCUT2D eigenvalue weighted by Crippen LogP contribution is -2.24. The van der Waals surface area contributed by atoms with Gasteiger partial charge in [-0.15, -0.1) is 9.68 Å². The van der Waals surface area contributed by atoms with E-state index in [2.05, 4.69) is 20.3 Å². The van der Waals surface area contributed by atoms with Crippen LogP contribution in [0.1, 0.15) is 15.9 Å². The van der Waals surface area contributed by atoms with Crippen molar-refractivity contribution in [1.82, 2.24) is 29.5 Å². The van der Waals surface area contributed by atoms with Crippen molar-refractivity contribution in [2.45, 2.75) is 6.54 Å². The monoisotopic (exact) mass is 510 g/mol. The summed E-state index contributed by atoms with van der Waals surface area (Å²) in [7, 11) is 0. The summed E-state index contributed by atoms with van der Waals surface area (Å²) >= 11 is 5.68. The number of aliphatic hydroxyl groups is 1. The molecule has 182 valence electrons. The number of hydrogen-bond donors (Lipinski definition) is 1. The van der Waals surface area contributed by atoms with Crippen molar-refractivity contribution < 1.29 is 23.5 Å². The summed E-state index contributed by atoms with van der Waals surface area (Å²) in [4.78, 5) is 25.8. The molecule has 0 saturated heterocycles. The maximum atomic E-state index is 14.7. The molecule has 0 saturated carbocycles. The van der Waals surface area contributed by atoms with E-state index in [1.807, 2.05) is 6.07 Å². The summed E-state index contributed by atoms with van der Waals surface area (Å²) in [6.45, 7) is -0.506. The van der Waals surface area contributed by atoms with Gasteiger partial charge < -0.3 is 5.11 Å². The number of pyridine rings is 2. The van der Waals surface area contributed by atoms with E-state index in [0.717, 1.165) is 11.5 Å². The van der Waals surface area contributed by atoms with E-state index in [4.69, 9.17) is 21.7 Å². The van der Waals surface area contributed by atoms with Crippen LogP contribution in [0.25, 0.3) is 33.3 Å². The first-order chi connectivity index (χ1) is 17.4. The number of nitrogens with zero attached hydrogens (tertiary/aromatic N) is 6. The summed E-state index contributed by atoms with van der Waals surface area (Å²) < 4.78 is 31.2. The lowest BCUT2D eigenvalue weighted by molar-refractivity contribution is -0.0698. The first-order valence-corrected chi connectivity index (χ1v) is 11.1. The molecule has 3 heterocycles. The van der Waals surface area contributed by atoms with Crippen molar-refractivity contribution in [2.75, 3.05) is 13.2 Å². The Hall–Kier alpha value is -4.06. The van der Waals surface area contributed by atoms with Gasteiger partial charge in [0.15, 0.2) is 5.65 Å². The molecule has 0 fully saturated rings. The van der Waals surface area contributed by atoms with E-state index in [1.54, 1.807) is 30.5 Å². The molecular formula is C24H17ClF2N6O3. The van der Waals surface area contributed by atoms with Crippen molar-refractivity contribution >= 4 is 39.8 Å². The quantitative estimate of drug-likeness (QED) is 0.261. The van der Waals surface area contributed by atoms with Gasteiger partial charge in [0.05, 0.1) is 36.5 Å². The molecule has 0 aliphatic carbocycles. The largest absolute Gasteiger partial charge is 0.394 e. The second-order valence-electron chi connectivity index (χ2n) is 7.73. The van der Waals surface area contributed by atoms with Gasteiger partial charge in [-0.2, -0.15) is 0 Å². The number of amides is 1. The molecule has 0 aliphatic rings. The smallest absolute Gasteiger partial charge is 0.295 e. The molecule has 1 N–H and O–H groups in total. The Morgan fingerprint density at radius 3 is 2.75 bits per heavy atom. The lowest BCUT2D eigenvalue weighted by Gasteiger charge is -2.13. The van der Waals surface area contributed by atoms with Crippen molar-refractivity contribution in [2.24, 2.45) is 0 Å². The first-order valence-electron chi connectivity index (χ1n) is 10.7. The second-order valence-corrected chi connectivity index (χ2v) is 8.03. The molecule has 0 atom stereocenters. The fourth-order valence-electron chi connectivity index (χ4n) is 3.67. The Kier molecular flexibility index (Phi) is 6.51. The predicted octanol–water partition coefficient (Wildman–Crippen LogP) is 3.89. The van der Waals surface area contributed by atoms with Gasteiger partial charge in [-0.3, -0.25) is 14.6 Å². The third kappa shape index (κ3) is 4.59. The highest BCUT2D eigenvalue weighted by Gasteiger charge is 2.20. The Labute approximate surface area is 207 Å². The van der Waals surface area contributed by atoms with Crippen molar-refractivity contribution in [3.8, 4) is 11.3 Å². The van der Waals surface area contributed by atoms with Crippen LogP contribution in [0.2, 0.25) is 0 Å². The molecule has 2 aromatic carbocycles. The van der Waals surface area contributed by atoms with Gasteiger partial charge >= 0.3 is 0 Å². The third-order valence-corrected chi connectivity index (χ3v) is 5.65. The van der Waals surface area contributed by atoms with Gasteiger partial charge in [0.2, 0.25) is 0 Å².